The van der Waals surface area contributed by atoms with Gasteiger partial charge in [-0.25, -0.2) is 4.79 Å². The van der Waals surface area contributed by atoms with E-state index in [1.54, 1.807) is 7.05 Å². The molecule has 0 bridgehead atoms. The van der Waals surface area contributed by atoms with Crippen molar-refractivity contribution in [1.82, 2.24) is 10.2 Å². The number of ether oxygens (including phenoxy) is 1. The van der Waals surface area contributed by atoms with Crippen LogP contribution in [0.1, 0.15) is 16.7 Å². The summed E-state index contributed by atoms with van der Waals surface area (Å²) < 4.78 is 43.1. The summed E-state index contributed by atoms with van der Waals surface area (Å²) in [5.41, 5.74) is 2.03. The Balaban J connectivity index is 1.48. The van der Waals surface area contributed by atoms with Gasteiger partial charge >= 0.3 is 12.2 Å². The molecule has 2 aromatic carbocycles. The second-order valence-corrected chi connectivity index (χ2v) is 6.98. The molecule has 1 heterocycles. The van der Waals surface area contributed by atoms with Crippen molar-refractivity contribution in [2.45, 2.75) is 19.3 Å². The number of carbonyl (C=O) groups excluding carboxylic acids is 1. The summed E-state index contributed by atoms with van der Waals surface area (Å²) in [5, 5.41) is 2.72. The van der Waals surface area contributed by atoms with Gasteiger partial charge in [0.1, 0.15) is 0 Å². The Morgan fingerprint density at radius 1 is 1.03 bits per heavy atom. The molecule has 0 radical (unpaired) electrons. The molecule has 0 aromatic heterocycles. The Bertz CT molecular complexity index is 801. The van der Waals surface area contributed by atoms with E-state index in [-0.39, 0.29) is 12.6 Å². The second-order valence-electron chi connectivity index (χ2n) is 6.98. The molecule has 0 aliphatic carbocycles. The maximum absolute atomic E-state index is 12.6. The number of nitrogens with one attached hydrogen (secondary N) is 1. The number of halogens is 3. The van der Waals surface area contributed by atoms with Crippen molar-refractivity contribution >= 4 is 11.7 Å². The number of carbonyl (C=O) groups is 1. The van der Waals surface area contributed by atoms with Gasteiger partial charge in [-0.1, -0.05) is 24.3 Å². The molecular formula is C21H24F3N3O2. The molecule has 0 atom stereocenters. The van der Waals surface area contributed by atoms with Crippen LogP contribution in [0.3, 0.4) is 0 Å². The molecule has 1 aliphatic heterocycles. The van der Waals surface area contributed by atoms with Crippen LogP contribution in [0.2, 0.25) is 0 Å². The van der Waals surface area contributed by atoms with Crippen LogP contribution in [-0.2, 0) is 24.0 Å². The average Bonchev–Trinajstić information content (AvgIpc) is 2.73. The standard InChI is InChI=1S/C21H24F3N3O2/c1-26(15-17-4-8-19(9-5-17)27-10-12-29-13-11-27)20(28)25-14-16-2-6-18(7-3-16)21(22,23)24/h2-9H,10-15H2,1H3,(H,25,28). The number of rotatable bonds is 5. The monoisotopic (exact) mass is 407 g/mol. The Morgan fingerprint density at radius 3 is 2.21 bits per heavy atom. The Morgan fingerprint density at radius 2 is 1.62 bits per heavy atom. The zero-order chi connectivity index (χ0) is 20.9. The molecular weight excluding hydrogens is 383 g/mol. The molecule has 1 saturated heterocycles. The summed E-state index contributed by atoms with van der Waals surface area (Å²) in [7, 11) is 1.68. The van der Waals surface area contributed by atoms with Gasteiger partial charge in [0.05, 0.1) is 18.8 Å². The summed E-state index contributed by atoms with van der Waals surface area (Å²) in [6.45, 7) is 3.78. The van der Waals surface area contributed by atoms with E-state index in [0.29, 0.717) is 12.1 Å². The molecule has 8 heteroatoms. The highest BCUT2D eigenvalue weighted by molar-refractivity contribution is 5.73. The largest absolute Gasteiger partial charge is 0.416 e. The number of hydrogen-bond acceptors (Lipinski definition) is 3. The summed E-state index contributed by atoms with van der Waals surface area (Å²) in [6.07, 6.45) is -4.36. The minimum Gasteiger partial charge on any atom is -0.378 e. The van der Waals surface area contributed by atoms with Gasteiger partial charge in [-0.3, -0.25) is 0 Å². The fourth-order valence-corrected chi connectivity index (χ4v) is 3.10. The van der Waals surface area contributed by atoms with Gasteiger partial charge in [0, 0.05) is 38.9 Å². The van der Waals surface area contributed by atoms with Crippen LogP contribution >= 0.6 is 0 Å². The molecule has 29 heavy (non-hydrogen) atoms. The van der Waals surface area contributed by atoms with Crippen molar-refractivity contribution in [2.24, 2.45) is 0 Å². The molecule has 1 fully saturated rings. The van der Waals surface area contributed by atoms with Gasteiger partial charge in [0.2, 0.25) is 0 Å². The maximum atomic E-state index is 12.6. The van der Waals surface area contributed by atoms with Crippen LogP contribution in [0.4, 0.5) is 23.7 Å². The highest BCUT2D eigenvalue weighted by Crippen LogP contribution is 2.29. The van der Waals surface area contributed by atoms with Crippen molar-refractivity contribution in [1.29, 1.82) is 0 Å². The van der Waals surface area contributed by atoms with Gasteiger partial charge in [-0.15, -0.1) is 0 Å². The summed E-state index contributed by atoms with van der Waals surface area (Å²) in [4.78, 5) is 16.1. The Kier molecular flexibility index (Phi) is 6.64. The van der Waals surface area contributed by atoms with E-state index in [1.807, 2.05) is 24.3 Å². The lowest BCUT2D eigenvalue weighted by atomic mass is 10.1. The van der Waals surface area contributed by atoms with Crippen molar-refractivity contribution < 1.29 is 22.7 Å². The van der Waals surface area contributed by atoms with Crippen LogP contribution in [0.15, 0.2) is 48.5 Å². The lowest BCUT2D eigenvalue weighted by molar-refractivity contribution is -0.137. The fraction of sp³-hybridized carbons (Fsp3) is 0.381. The predicted molar refractivity (Wildman–Crippen MR) is 105 cm³/mol. The van der Waals surface area contributed by atoms with Crippen LogP contribution in [0, 0.1) is 0 Å². The number of alkyl halides is 3. The third kappa shape index (κ3) is 5.87. The smallest absolute Gasteiger partial charge is 0.378 e. The third-order valence-corrected chi connectivity index (χ3v) is 4.80. The molecule has 156 valence electrons. The lowest BCUT2D eigenvalue weighted by Gasteiger charge is -2.29. The zero-order valence-corrected chi connectivity index (χ0v) is 16.2. The first-order valence-corrected chi connectivity index (χ1v) is 9.39. The maximum Gasteiger partial charge on any atom is 0.416 e. The number of benzene rings is 2. The van der Waals surface area contributed by atoms with Gasteiger partial charge in [-0.05, 0) is 35.4 Å². The summed E-state index contributed by atoms with van der Waals surface area (Å²) >= 11 is 0. The van der Waals surface area contributed by atoms with Crippen molar-refractivity contribution in [3.8, 4) is 0 Å². The average molecular weight is 407 g/mol. The van der Waals surface area contributed by atoms with E-state index in [4.69, 9.17) is 4.74 Å². The molecule has 0 saturated carbocycles. The number of hydrogen-bond donors (Lipinski definition) is 1. The molecule has 3 rings (SSSR count). The van der Waals surface area contributed by atoms with Gasteiger partial charge in [-0.2, -0.15) is 13.2 Å². The molecule has 1 aliphatic rings. The molecule has 2 amide bonds. The quantitative estimate of drug-likeness (QED) is 0.818. The van der Waals surface area contributed by atoms with E-state index in [1.165, 1.54) is 17.0 Å². The molecule has 0 spiro atoms. The van der Waals surface area contributed by atoms with E-state index < -0.39 is 11.7 Å². The second kappa shape index (κ2) is 9.17. The summed E-state index contributed by atoms with van der Waals surface area (Å²) in [6, 6.07) is 12.5. The number of urea groups is 1. The van der Waals surface area contributed by atoms with Gasteiger partial charge in [0.25, 0.3) is 0 Å². The first kappa shape index (κ1) is 21.0. The van der Waals surface area contributed by atoms with Crippen molar-refractivity contribution in [3.63, 3.8) is 0 Å². The van der Waals surface area contributed by atoms with E-state index >= 15 is 0 Å². The number of nitrogens with zero attached hydrogens (tertiary/aromatic N) is 2. The number of anilines is 1. The minimum atomic E-state index is -4.36. The highest BCUT2D eigenvalue weighted by Gasteiger charge is 2.29. The third-order valence-electron chi connectivity index (χ3n) is 4.80. The van der Waals surface area contributed by atoms with Crippen LogP contribution < -0.4 is 10.2 Å². The van der Waals surface area contributed by atoms with Gasteiger partial charge in [0.15, 0.2) is 0 Å². The Hall–Kier alpha value is -2.74. The first-order chi connectivity index (χ1) is 13.8. The van der Waals surface area contributed by atoms with E-state index in [0.717, 1.165) is 49.7 Å². The topological polar surface area (TPSA) is 44.8 Å². The van der Waals surface area contributed by atoms with Gasteiger partial charge < -0.3 is 19.9 Å². The number of morpholine rings is 1. The van der Waals surface area contributed by atoms with Crippen LogP contribution in [0.25, 0.3) is 0 Å². The zero-order valence-electron chi connectivity index (χ0n) is 16.2. The molecule has 0 unspecified atom stereocenters. The Labute approximate surface area is 168 Å². The fourth-order valence-electron chi connectivity index (χ4n) is 3.10. The van der Waals surface area contributed by atoms with E-state index in [2.05, 4.69) is 10.2 Å². The normalized spacial score (nSPS) is 14.6. The first-order valence-electron chi connectivity index (χ1n) is 9.39. The van der Waals surface area contributed by atoms with Crippen molar-refractivity contribution in [3.05, 3.63) is 65.2 Å². The predicted octanol–water partition coefficient (Wildman–Crippen LogP) is 3.88. The molecule has 2 aromatic rings. The van der Waals surface area contributed by atoms with Crippen molar-refractivity contribution in [2.75, 3.05) is 38.3 Å². The lowest BCUT2D eigenvalue weighted by Crippen LogP contribution is -2.36. The summed E-state index contributed by atoms with van der Waals surface area (Å²) in [5.74, 6) is 0. The number of amides is 2. The minimum absolute atomic E-state index is 0.164. The van der Waals surface area contributed by atoms with Crippen LogP contribution in [0.5, 0.6) is 0 Å². The SMILES string of the molecule is CN(Cc1ccc(N2CCOCC2)cc1)C(=O)NCc1ccc(C(F)(F)F)cc1. The molecule has 1 N–H and O–H groups in total. The molecule has 5 nitrogen and oxygen atoms in total. The van der Waals surface area contributed by atoms with Crippen LogP contribution in [-0.4, -0.2) is 44.3 Å². The van der Waals surface area contributed by atoms with E-state index in [9.17, 15) is 18.0 Å². The highest BCUT2D eigenvalue weighted by atomic mass is 19.4.